The Labute approximate surface area is 174 Å². The van der Waals surface area contributed by atoms with Crippen molar-refractivity contribution in [1.82, 2.24) is 4.98 Å². The predicted molar refractivity (Wildman–Crippen MR) is 117 cm³/mol. The number of nitrogens with one attached hydrogen (secondary N) is 2. The van der Waals surface area contributed by atoms with E-state index in [1.807, 2.05) is 36.4 Å². The first-order valence-corrected chi connectivity index (χ1v) is 10.3. The van der Waals surface area contributed by atoms with Crippen LogP contribution in [0.5, 0.6) is 5.75 Å². The molecule has 2 aromatic carbocycles. The quantitative estimate of drug-likeness (QED) is 0.424. The van der Waals surface area contributed by atoms with Gasteiger partial charge in [0.25, 0.3) is 11.8 Å². The molecule has 0 spiro atoms. The minimum atomic E-state index is -0.708. The molecule has 2 aromatic heterocycles. The fraction of sp³-hybridized carbons (Fsp3) is 0.0500. The number of hydrogen-bond acceptors (Lipinski definition) is 7. The van der Waals surface area contributed by atoms with Crippen LogP contribution in [0.1, 0.15) is 20.8 Å². The van der Waals surface area contributed by atoms with Gasteiger partial charge in [0.2, 0.25) is 0 Å². The summed E-state index contributed by atoms with van der Waals surface area (Å²) in [5.74, 6) is -0.237. The summed E-state index contributed by atoms with van der Waals surface area (Å²) < 4.78 is 5.24. The Hall–Kier alpha value is -3.43. The Kier molecular flexibility index (Phi) is 5.15. The molecule has 0 saturated carbocycles. The topological polar surface area (TPSA) is 106 Å². The van der Waals surface area contributed by atoms with Gasteiger partial charge in [-0.05, 0) is 46.5 Å². The van der Waals surface area contributed by atoms with Crippen molar-refractivity contribution >= 4 is 61.1 Å². The fourth-order valence-corrected chi connectivity index (χ4v) is 4.27. The number of rotatable bonds is 6. The zero-order valence-corrected chi connectivity index (χ0v) is 16.9. The van der Waals surface area contributed by atoms with Crippen LogP contribution < -0.4 is 21.1 Å². The second kappa shape index (κ2) is 7.90. The zero-order chi connectivity index (χ0) is 20.4. The van der Waals surface area contributed by atoms with E-state index in [0.717, 1.165) is 33.5 Å². The number of benzene rings is 2. The van der Waals surface area contributed by atoms with Crippen LogP contribution in [0.2, 0.25) is 0 Å². The lowest BCUT2D eigenvalue weighted by Gasteiger charge is -2.06. The lowest BCUT2D eigenvalue weighted by molar-refractivity contribution is 0.0997. The van der Waals surface area contributed by atoms with E-state index in [2.05, 4.69) is 15.6 Å². The Bertz CT molecular complexity index is 1200. The van der Waals surface area contributed by atoms with Crippen LogP contribution in [0, 0.1) is 0 Å². The molecule has 0 bridgehead atoms. The smallest absolute Gasteiger partial charge is 0.270 e. The van der Waals surface area contributed by atoms with Gasteiger partial charge < -0.3 is 21.1 Å². The Balaban J connectivity index is 1.59. The maximum atomic E-state index is 12.3. The highest BCUT2D eigenvalue weighted by Crippen LogP contribution is 2.32. The van der Waals surface area contributed by atoms with Gasteiger partial charge in [-0.25, -0.2) is 4.98 Å². The van der Waals surface area contributed by atoms with Gasteiger partial charge in [0, 0.05) is 11.1 Å². The molecule has 2 amide bonds. The third-order valence-electron chi connectivity index (χ3n) is 4.17. The number of hydrogen-bond donors (Lipinski definition) is 3. The lowest BCUT2D eigenvalue weighted by atomic mass is 10.1. The minimum Gasteiger partial charge on any atom is -0.497 e. The summed E-state index contributed by atoms with van der Waals surface area (Å²) in [6, 6.07) is 13.3. The van der Waals surface area contributed by atoms with Crippen LogP contribution in [-0.2, 0) is 0 Å². The number of anilines is 3. The van der Waals surface area contributed by atoms with Crippen LogP contribution in [0.3, 0.4) is 0 Å². The van der Waals surface area contributed by atoms with Gasteiger partial charge >= 0.3 is 0 Å². The van der Waals surface area contributed by atoms with Gasteiger partial charge in [-0.1, -0.05) is 23.5 Å². The molecule has 0 aliphatic rings. The molecule has 4 aromatic rings. The first-order valence-electron chi connectivity index (χ1n) is 8.52. The molecule has 0 unspecified atom stereocenters. The summed E-state index contributed by atoms with van der Waals surface area (Å²) in [5, 5.41) is 12.2. The highest BCUT2D eigenvalue weighted by Gasteiger charge is 2.19. The number of nitrogens with two attached hydrogens (primary N) is 1. The van der Waals surface area contributed by atoms with Crippen LogP contribution in [-0.4, -0.2) is 23.9 Å². The maximum Gasteiger partial charge on any atom is 0.270 e. The summed E-state index contributed by atoms with van der Waals surface area (Å²) in [7, 11) is 1.63. The maximum absolute atomic E-state index is 12.3. The first kappa shape index (κ1) is 18.9. The Morgan fingerprint density at radius 3 is 2.62 bits per heavy atom. The van der Waals surface area contributed by atoms with Crippen molar-refractivity contribution in [1.29, 1.82) is 0 Å². The SMILES string of the molecule is COc1ccc2cc(Nc3nc(C(N)=O)c(NC(=O)c4ccsc4)s3)ccc2c1. The standard InChI is InChI=1S/C20H16N4O3S2/c1-27-15-5-3-11-8-14(4-2-12(11)9-15)22-20-23-16(17(21)25)19(29-20)24-18(26)13-6-7-28-10-13/h2-10H,1H3,(H2,21,25)(H,22,23)(H,24,26). The van der Waals surface area contributed by atoms with Crippen molar-refractivity contribution in [2.75, 3.05) is 17.7 Å². The molecule has 4 N–H and O–H groups in total. The van der Waals surface area contributed by atoms with Crippen molar-refractivity contribution in [2.24, 2.45) is 5.73 Å². The van der Waals surface area contributed by atoms with Gasteiger partial charge in [0.1, 0.15) is 10.8 Å². The van der Waals surface area contributed by atoms with Crippen LogP contribution in [0.25, 0.3) is 10.8 Å². The molecule has 0 aliphatic heterocycles. The number of primary amides is 1. The molecule has 29 heavy (non-hydrogen) atoms. The molecule has 4 rings (SSSR count). The van der Waals surface area contributed by atoms with Gasteiger partial charge in [0.05, 0.1) is 12.7 Å². The van der Waals surface area contributed by atoms with Crippen LogP contribution >= 0.6 is 22.7 Å². The van der Waals surface area contributed by atoms with Gasteiger partial charge in [-0.3, -0.25) is 9.59 Å². The summed E-state index contributed by atoms with van der Waals surface area (Å²) in [6.07, 6.45) is 0. The van der Waals surface area contributed by atoms with Crippen molar-refractivity contribution in [2.45, 2.75) is 0 Å². The monoisotopic (exact) mass is 424 g/mol. The highest BCUT2D eigenvalue weighted by molar-refractivity contribution is 7.20. The lowest BCUT2D eigenvalue weighted by Crippen LogP contribution is -2.17. The third-order valence-corrected chi connectivity index (χ3v) is 5.74. The van der Waals surface area contributed by atoms with Crippen LogP contribution in [0.4, 0.5) is 15.8 Å². The van der Waals surface area contributed by atoms with E-state index in [9.17, 15) is 9.59 Å². The Morgan fingerprint density at radius 2 is 1.90 bits per heavy atom. The molecule has 7 nitrogen and oxygen atoms in total. The average Bonchev–Trinajstić information content (AvgIpc) is 3.38. The summed E-state index contributed by atoms with van der Waals surface area (Å²) in [6.45, 7) is 0. The highest BCUT2D eigenvalue weighted by atomic mass is 32.1. The molecule has 0 saturated heterocycles. The predicted octanol–water partition coefficient (Wildman–Crippen LogP) is 4.46. The molecule has 9 heteroatoms. The molecule has 146 valence electrons. The van der Waals surface area contributed by atoms with Crippen molar-refractivity contribution in [3.05, 3.63) is 64.5 Å². The van der Waals surface area contributed by atoms with Gasteiger partial charge in [-0.15, -0.1) is 0 Å². The second-order valence-corrected chi connectivity index (χ2v) is 7.86. The van der Waals surface area contributed by atoms with E-state index in [1.165, 1.54) is 11.3 Å². The van der Waals surface area contributed by atoms with E-state index in [-0.39, 0.29) is 11.6 Å². The van der Waals surface area contributed by atoms with Crippen molar-refractivity contribution in [3.63, 3.8) is 0 Å². The number of carbonyl (C=O) groups excluding carboxylic acids is 2. The molecular formula is C20H16N4O3S2. The van der Waals surface area contributed by atoms with E-state index in [4.69, 9.17) is 10.5 Å². The van der Waals surface area contributed by atoms with Gasteiger partial charge in [-0.2, -0.15) is 11.3 Å². The molecule has 2 heterocycles. The number of methoxy groups -OCH3 is 1. The summed E-state index contributed by atoms with van der Waals surface area (Å²) in [5.41, 5.74) is 6.76. The molecule has 0 radical (unpaired) electrons. The second-order valence-electron chi connectivity index (χ2n) is 6.08. The Morgan fingerprint density at radius 1 is 1.10 bits per heavy atom. The largest absolute Gasteiger partial charge is 0.497 e. The molecule has 0 aliphatic carbocycles. The minimum absolute atomic E-state index is 0.0200. The molecule has 0 fully saturated rings. The van der Waals surface area contributed by atoms with E-state index in [0.29, 0.717) is 15.7 Å². The van der Waals surface area contributed by atoms with E-state index >= 15 is 0 Å². The number of ether oxygens (including phenoxy) is 1. The number of aromatic nitrogens is 1. The number of carbonyl (C=O) groups is 2. The van der Waals surface area contributed by atoms with Crippen molar-refractivity contribution < 1.29 is 14.3 Å². The fourth-order valence-electron chi connectivity index (χ4n) is 2.75. The first-order chi connectivity index (χ1) is 14.0. The number of amides is 2. The normalized spacial score (nSPS) is 10.7. The molecular weight excluding hydrogens is 408 g/mol. The summed E-state index contributed by atoms with van der Waals surface area (Å²) in [4.78, 5) is 28.3. The van der Waals surface area contributed by atoms with E-state index in [1.54, 1.807) is 23.9 Å². The van der Waals surface area contributed by atoms with Gasteiger partial charge in [0.15, 0.2) is 10.8 Å². The van der Waals surface area contributed by atoms with Crippen LogP contribution in [0.15, 0.2) is 53.2 Å². The number of nitrogens with zero attached hydrogens (tertiary/aromatic N) is 1. The van der Waals surface area contributed by atoms with E-state index < -0.39 is 5.91 Å². The zero-order valence-electron chi connectivity index (χ0n) is 15.3. The number of thiazole rings is 1. The number of fused-ring (bicyclic) bond motifs is 1. The number of thiophene rings is 1. The molecule has 0 atom stereocenters. The van der Waals surface area contributed by atoms with Crippen molar-refractivity contribution in [3.8, 4) is 5.75 Å². The third kappa shape index (κ3) is 4.05. The summed E-state index contributed by atoms with van der Waals surface area (Å²) >= 11 is 2.56. The average molecular weight is 425 g/mol.